The van der Waals surface area contributed by atoms with Crippen LogP contribution in [-0.4, -0.2) is 65.3 Å². The van der Waals surface area contributed by atoms with E-state index in [4.69, 9.17) is 4.74 Å². The zero-order valence-electron chi connectivity index (χ0n) is 14.8. The number of ether oxygens (including phenoxy) is 1. The maximum absolute atomic E-state index is 10.4. The minimum absolute atomic E-state index is 0.179. The molecule has 2 unspecified atom stereocenters. The van der Waals surface area contributed by atoms with Gasteiger partial charge in [-0.15, -0.1) is 0 Å². The van der Waals surface area contributed by atoms with Crippen molar-refractivity contribution in [3.05, 3.63) is 60.4 Å². The van der Waals surface area contributed by atoms with Crippen molar-refractivity contribution in [1.82, 2.24) is 14.8 Å². The number of β-amino-alcohol motifs (C(OH)–C–C–N with tert-alkyl or cyclic N) is 1. The third-order valence-electron chi connectivity index (χ3n) is 4.45. The Morgan fingerprint density at radius 3 is 2.88 bits per heavy atom. The number of nitrogens with zero attached hydrogens (tertiary/aromatic N) is 3. The molecule has 2 heterocycles. The van der Waals surface area contributed by atoms with Crippen LogP contribution in [-0.2, 0) is 6.54 Å². The first-order valence-corrected chi connectivity index (χ1v) is 8.88. The molecule has 0 spiro atoms. The molecule has 1 fully saturated rings. The van der Waals surface area contributed by atoms with E-state index in [1.807, 2.05) is 30.3 Å². The Kier molecular flexibility index (Phi) is 6.39. The van der Waals surface area contributed by atoms with Gasteiger partial charge >= 0.3 is 0 Å². The van der Waals surface area contributed by atoms with Gasteiger partial charge in [0, 0.05) is 38.9 Å². The molecule has 1 aromatic carbocycles. The number of benzene rings is 1. The largest absolute Gasteiger partial charge is 0.487 e. The Morgan fingerprint density at radius 2 is 2.12 bits per heavy atom. The summed E-state index contributed by atoms with van der Waals surface area (Å²) < 4.78 is 5.95. The lowest BCUT2D eigenvalue weighted by Crippen LogP contribution is -2.38. The molecule has 1 saturated heterocycles. The van der Waals surface area contributed by atoms with Gasteiger partial charge in [0.05, 0.1) is 12.3 Å². The molecule has 2 aromatic rings. The van der Waals surface area contributed by atoms with Gasteiger partial charge in [-0.05, 0) is 31.2 Å². The Hall–Kier alpha value is -1.95. The molecule has 0 radical (unpaired) electrons. The average molecular weight is 341 g/mol. The van der Waals surface area contributed by atoms with Crippen molar-refractivity contribution in [2.45, 2.75) is 25.2 Å². The number of hydrogen-bond acceptors (Lipinski definition) is 5. The summed E-state index contributed by atoms with van der Waals surface area (Å²) in [6.07, 6.45) is 4.30. The molecule has 1 aliphatic rings. The summed E-state index contributed by atoms with van der Waals surface area (Å²) in [6, 6.07) is 14.2. The Labute approximate surface area is 149 Å². The predicted octanol–water partition coefficient (Wildman–Crippen LogP) is 2.03. The van der Waals surface area contributed by atoms with Crippen molar-refractivity contribution in [1.29, 1.82) is 0 Å². The van der Waals surface area contributed by atoms with Gasteiger partial charge in [-0.3, -0.25) is 14.8 Å². The fourth-order valence-corrected chi connectivity index (χ4v) is 3.34. The van der Waals surface area contributed by atoms with Gasteiger partial charge in [0.15, 0.2) is 0 Å². The maximum atomic E-state index is 10.4. The SMILES string of the molecule is CN(Cc1ccccc1)CC(O)CN1CCC(Oc2cccnc2)C1. The smallest absolute Gasteiger partial charge is 0.138 e. The molecular formula is C20H27N3O2. The number of pyridine rings is 1. The maximum Gasteiger partial charge on any atom is 0.138 e. The van der Waals surface area contributed by atoms with E-state index in [9.17, 15) is 5.11 Å². The molecule has 134 valence electrons. The van der Waals surface area contributed by atoms with Gasteiger partial charge in [-0.2, -0.15) is 0 Å². The van der Waals surface area contributed by atoms with Crippen molar-refractivity contribution in [3.63, 3.8) is 0 Å². The zero-order valence-corrected chi connectivity index (χ0v) is 14.8. The second-order valence-corrected chi connectivity index (χ2v) is 6.81. The Bertz CT molecular complexity index is 623. The fourth-order valence-electron chi connectivity index (χ4n) is 3.34. The van der Waals surface area contributed by atoms with E-state index in [1.54, 1.807) is 12.4 Å². The summed E-state index contributed by atoms with van der Waals surface area (Å²) in [6.45, 7) is 4.02. The average Bonchev–Trinajstić information content (AvgIpc) is 3.03. The molecule has 0 bridgehead atoms. The molecule has 3 rings (SSSR count). The lowest BCUT2D eigenvalue weighted by molar-refractivity contribution is 0.0837. The van der Waals surface area contributed by atoms with Gasteiger partial charge in [0.1, 0.15) is 11.9 Å². The highest BCUT2D eigenvalue weighted by Gasteiger charge is 2.25. The molecule has 1 N–H and O–H groups in total. The van der Waals surface area contributed by atoms with Crippen LogP contribution in [0.2, 0.25) is 0 Å². The van der Waals surface area contributed by atoms with Crippen molar-refractivity contribution < 1.29 is 9.84 Å². The monoisotopic (exact) mass is 341 g/mol. The number of rotatable bonds is 8. The van der Waals surface area contributed by atoms with Crippen LogP contribution in [0.25, 0.3) is 0 Å². The highest BCUT2D eigenvalue weighted by atomic mass is 16.5. The molecule has 1 aromatic heterocycles. The number of hydrogen-bond donors (Lipinski definition) is 1. The Morgan fingerprint density at radius 1 is 1.28 bits per heavy atom. The lowest BCUT2D eigenvalue weighted by atomic mass is 10.2. The summed E-state index contributed by atoms with van der Waals surface area (Å²) >= 11 is 0. The molecule has 5 nitrogen and oxygen atoms in total. The highest BCUT2D eigenvalue weighted by Crippen LogP contribution is 2.17. The van der Waals surface area contributed by atoms with Gasteiger partial charge in [0.2, 0.25) is 0 Å². The third-order valence-corrected chi connectivity index (χ3v) is 4.45. The lowest BCUT2D eigenvalue weighted by Gasteiger charge is -2.24. The van der Waals surface area contributed by atoms with Gasteiger partial charge in [-0.1, -0.05) is 30.3 Å². The van der Waals surface area contributed by atoms with E-state index in [2.05, 4.69) is 34.0 Å². The summed E-state index contributed by atoms with van der Waals surface area (Å²) in [5, 5.41) is 10.4. The van der Waals surface area contributed by atoms with E-state index in [1.165, 1.54) is 5.56 Å². The Balaban J connectivity index is 1.39. The number of likely N-dealkylation sites (tertiary alicyclic amines) is 1. The third kappa shape index (κ3) is 5.81. The predicted molar refractivity (Wildman–Crippen MR) is 98.5 cm³/mol. The number of likely N-dealkylation sites (N-methyl/N-ethyl adjacent to an activating group) is 1. The summed E-state index contributed by atoms with van der Waals surface area (Å²) in [4.78, 5) is 8.52. The molecule has 5 heteroatoms. The van der Waals surface area contributed by atoms with Gasteiger partial charge in [-0.25, -0.2) is 0 Å². The van der Waals surface area contributed by atoms with E-state index >= 15 is 0 Å². The molecular weight excluding hydrogens is 314 g/mol. The normalized spacial score (nSPS) is 19.2. The number of aromatic nitrogens is 1. The van der Waals surface area contributed by atoms with E-state index in [0.29, 0.717) is 13.1 Å². The molecule has 25 heavy (non-hydrogen) atoms. The summed E-state index contributed by atoms with van der Waals surface area (Å²) in [5.41, 5.74) is 1.27. The molecule has 2 atom stereocenters. The van der Waals surface area contributed by atoms with Crippen LogP contribution in [0.15, 0.2) is 54.9 Å². The minimum atomic E-state index is -0.356. The van der Waals surface area contributed by atoms with Crippen molar-refractivity contribution in [2.75, 3.05) is 33.2 Å². The number of aliphatic hydroxyl groups is 1. The summed E-state index contributed by atoms with van der Waals surface area (Å²) in [5.74, 6) is 0.817. The van der Waals surface area contributed by atoms with E-state index < -0.39 is 0 Å². The summed E-state index contributed by atoms with van der Waals surface area (Å²) in [7, 11) is 2.05. The van der Waals surface area contributed by atoms with Crippen LogP contribution in [0.5, 0.6) is 5.75 Å². The highest BCUT2D eigenvalue weighted by molar-refractivity contribution is 5.16. The zero-order chi connectivity index (χ0) is 17.5. The minimum Gasteiger partial charge on any atom is -0.487 e. The first-order chi connectivity index (χ1) is 12.2. The van der Waals surface area contributed by atoms with E-state index in [-0.39, 0.29) is 12.2 Å². The molecule has 0 amide bonds. The first-order valence-electron chi connectivity index (χ1n) is 8.88. The van der Waals surface area contributed by atoms with Crippen LogP contribution in [0.1, 0.15) is 12.0 Å². The fraction of sp³-hybridized carbons (Fsp3) is 0.450. The second kappa shape index (κ2) is 8.94. The van der Waals surface area contributed by atoms with Crippen LogP contribution < -0.4 is 4.74 Å². The quantitative estimate of drug-likeness (QED) is 0.796. The first kappa shape index (κ1) is 17.9. The van der Waals surface area contributed by atoms with Crippen molar-refractivity contribution in [3.8, 4) is 5.75 Å². The van der Waals surface area contributed by atoms with Gasteiger partial charge < -0.3 is 9.84 Å². The van der Waals surface area contributed by atoms with Crippen LogP contribution >= 0.6 is 0 Å². The molecule has 0 saturated carbocycles. The molecule has 0 aliphatic carbocycles. The number of aliphatic hydroxyl groups excluding tert-OH is 1. The van der Waals surface area contributed by atoms with Crippen molar-refractivity contribution >= 4 is 0 Å². The van der Waals surface area contributed by atoms with E-state index in [0.717, 1.165) is 31.8 Å². The van der Waals surface area contributed by atoms with Crippen LogP contribution in [0.4, 0.5) is 0 Å². The van der Waals surface area contributed by atoms with Crippen LogP contribution in [0.3, 0.4) is 0 Å². The van der Waals surface area contributed by atoms with Gasteiger partial charge in [0.25, 0.3) is 0 Å². The molecule has 1 aliphatic heterocycles. The second-order valence-electron chi connectivity index (χ2n) is 6.81. The standard InChI is InChI=1S/C20H27N3O2/c1-22(13-17-6-3-2-4-7-17)14-18(24)15-23-11-9-20(16-23)25-19-8-5-10-21-12-19/h2-8,10,12,18,20,24H,9,11,13-16H2,1H3. The topological polar surface area (TPSA) is 48.8 Å². The van der Waals surface area contributed by atoms with Crippen molar-refractivity contribution in [2.24, 2.45) is 0 Å². The van der Waals surface area contributed by atoms with Crippen LogP contribution in [0, 0.1) is 0 Å².